The van der Waals surface area contributed by atoms with E-state index in [1.807, 2.05) is 11.8 Å². The van der Waals surface area contributed by atoms with Crippen LogP contribution in [-0.2, 0) is 4.79 Å². The van der Waals surface area contributed by atoms with Crippen LogP contribution in [0.2, 0.25) is 0 Å². The number of carbonyl (C=O) groups is 1. The van der Waals surface area contributed by atoms with Gasteiger partial charge in [-0.1, -0.05) is 0 Å². The third-order valence-corrected chi connectivity index (χ3v) is 3.41. The van der Waals surface area contributed by atoms with Crippen LogP contribution in [0.4, 0.5) is 13.2 Å². The number of alkyl halides is 3. The molecular weight excluding hydrogens is 267 g/mol. The SMILES string of the molecule is O=C(CNCC(F)(F)F)NCCN1CCSCC1. The molecule has 0 aromatic rings. The highest BCUT2D eigenvalue weighted by Crippen LogP contribution is 2.11. The van der Waals surface area contributed by atoms with E-state index in [9.17, 15) is 18.0 Å². The Hall–Kier alpha value is -0.470. The smallest absolute Gasteiger partial charge is 0.354 e. The van der Waals surface area contributed by atoms with Gasteiger partial charge >= 0.3 is 6.18 Å². The summed E-state index contributed by atoms with van der Waals surface area (Å²) in [6, 6.07) is 0. The highest BCUT2D eigenvalue weighted by molar-refractivity contribution is 7.99. The van der Waals surface area contributed by atoms with Crippen LogP contribution in [0.5, 0.6) is 0 Å². The molecule has 0 unspecified atom stereocenters. The number of nitrogens with zero attached hydrogens (tertiary/aromatic N) is 1. The van der Waals surface area contributed by atoms with Crippen molar-refractivity contribution in [2.75, 3.05) is 50.8 Å². The Bertz CT molecular complexity index is 257. The average molecular weight is 285 g/mol. The molecule has 2 N–H and O–H groups in total. The Balaban J connectivity index is 1.99. The summed E-state index contributed by atoms with van der Waals surface area (Å²) in [6.07, 6.45) is -4.27. The minimum atomic E-state index is -4.27. The lowest BCUT2D eigenvalue weighted by Crippen LogP contribution is -2.42. The van der Waals surface area contributed by atoms with E-state index in [1.165, 1.54) is 0 Å². The van der Waals surface area contributed by atoms with Crippen LogP contribution >= 0.6 is 11.8 Å². The first kappa shape index (κ1) is 15.6. The number of carbonyl (C=O) groups excluding carboxylic acids is 1. The number of halogens is 3. The van der Waals surface area contributed by atoms with Crippen LogP contribution in [0, 0.1) is 0 Å². The second kappa shape index (κ2) is 7.85. The second-order valence-electron chi connectivity index (χ2n) is 4.02. The molecule has 1 saturated heterocycles. The average Bonchev–Trinajstić information content (AvgIpc) is 2.28. The quantitative estimate of drug-likeness (QED) is 0.737. The number of hydrogen-bond acceptors (Lipinski definition) is 4. The van der Waals surface area contributed by atoms with Crippen molar-refractivity contribution in [1.29, 1.82) is 0 Å². The first-order chi connectivity index (χ1) is 8.47. The minimum Gasteiger partial charge on any atom is -0.354 e. The van der Waals surface area contributed by atoms with Gasteiger partial charge in [0.15, 0.2) is 0 Å². The summed E-state index contributed by atoms with van der Waals surface area (Å²) in [6.45, 7) is 1.82. The van der Waals surface area contributed by atoms with Gasteiger partial charge in [0.2, 0.25) is 5.91 Å². The Morgan fingerprint density at radius 2 is 1.94 bits per heavy atom. The lowest BCUT2D eigenvalue weighted by Gasteiger charge is -2.26. The third kappa shape index (κ3) is 7.78. The van der Waals surface area contributed by atoms with E-state index in [0.29, 0.717) is 6.54 Å². The maximum absolute atomic E-state index is 11.8. The molecule has 1 aliphatic heterocycles. The summed E-state index contributed by atoms with van der Waals surface area (Å²) in [4.78, 5) is 13.4. The zero-order valence-electron chi connectivity index (χ0n) is 10.1. The Labute approximate surface area is 109 Å². The van der Waals surface area contributed by atoms with E-state index in [4.69, 9.17) is 0 Å². The summed E-state index contributed by atoms with van der Waals surface area (Å²) in [5.41, 5.74) is 0. The number of nitrogens with one attached hydrogen (secondary N) is 2. The Morgan fingerprint density at radius 1 is 1.28 bits per heavy atom. The zero-order chi connectivity index (χ0) is 13.4. The molecule has 0 radical (unpaired) electrons. The molecule has 106 valence electrons. The molecule has 1 heterocycles. The van der Waals surface area contributed by atoms with Crippen LogP contribution in [0.3, 0.4) is 0 Å². The Morgan fingerprint density at radius 3 is 2.56 bits per heavy atom. The third-order valence-electron chi connectivity index (χ3n) is 2.46. The predicted molar refractivity (Wildman–Crippen MR) is 65.7 cm³/mol. The van der Waals surface area contributed by atoms with Gasteiger partial charge in [0.25, 0.3) is 0 Å². The highest BCUT2D eigenvalue weighted by atomic mass is 32.2. The number of rotatable bonds is 6. The molecule has 1 aliphatic rings. The summed E-state index contributed by atoms with van der Waals surface area (Å²) in [5.74, 6) is 1.80. The topological polar surface area (TPSA) is 44.4 Å². The second-order valence-corrected chi connectivity index (χ2v) is 5.25. The van der Waals surface area contributed by atoms with Gasteiger partial charge in [0, 0.05) is 37.7 Å². The molecule has 1 amide bonds. The van der Waals surface area contributed by atoms with Gasteiger partial charge in [-0.2, -0.15) is 24.9 Å². The molecule has 0 aromatic heterocycles. The van der Waals surface area contributed by atoms with Crippen molar-refractivity contribution in [2.45, 2.75) is 6.18 Å². The molecule has 1 fully saturated rings. The summed E-state index contributed by atoms with van der Waals surface area (Å²) in [7, 11) is 0. The molecule has 0 atom stereocenters. The van der Waals surface area contributed by atoms with Gasteiger partial charge in [-0.3, -0.25) is 9.69 Å². The number of amides is 1. The van der Waals surface area contributed by atoms with E-state index < -0.39 is 18.6 Å². The van der Waals surface area contributed by atoms with Gasteiger partial charge in [-0.05, 0) is 0 Å². The van der Waals surface area contributed by atoms with Crippen molar-refractivity contribution in [2.24, 2.45) is 0 Å². The lowest BCUT2D eigenvalue weighted by atomic mass is 10.4. The fraction of sp³-hybridized carbons (Fsp3) is 0.900. The molecule has 18 heavy (non-hydrogen) atoms. The molecule has 1 rings (SSSR count). The largest absolute Gasteiger partial charge is 0.401 e. The van der Waals surface area contributed by atoms with Gasteiger partial charge in [-0.15, -0.1) is 0 Å². The maximum atomic E-state index is 11.8. The normalized spacial score (nSPS) is 17.7. The fourth-order valence-corrected chi connectivity index (χ4v) is 2.54. The first-order valence-corrected chi connectivity index (χ1v) is 6.97. The fourth-order valence-electron chi connectivity index (χ4n) is 1.56. The molecule has 0 bridgehead atoms. The molecule has 0 aromatic carbocycles. The van der Waals surface area contributed by atoms with Crippen molar-refractivity contribution in [3.8, 4) is 0 Å². The van der Waals surface area contributed by atoms with Gasteiger partial charge < -0.3 is 10.6 Å². The summed E-state index contributed by atoms with van der Waals surface area (Å²) < 4.78 is 35.4. The molecule has 0 spiro atoms. The van der Waals surface area contributed by atoms with Crippen molar-refractivity contribution < 1.29 is 18.0 Å². The molecular formula is C10H18F3N3OS. The summed E-state index contributed by atoms with van der Waals surface area (Å²) in [5, 5.41) is 4.66. The van der Waals surface area contributed by atoms with Gasteiger partial charge in [0.05, 0.1) is 13.1 Å². The molecule has 4 nitrogen and oxygen atoms in total. The van der Waals surface area contributed by atoms with E-state index in [-0.39, 0.29) is 6.54 Å². The Kier molecular flexibility index (Phi) is 6.80. The lowest BCUT2D eigenvalue weighted by molar-refractivity contribution is -0.128. The standard InChI is InChI=1S/C10H18F3N3OS/c11-10(12,13)8-14-7-9(17)15-1-2-16-3-5-18-6-4-16/h14H,1-8H2,(H,15,17). The maximum Gasteiger partial charge on any atom is 0.401 e. The van der Waals surface area contributed by atoms with Crippen LogP contribution in [0.1, 0.15) is 0 Å². The van der Waals surface area contributed by atoms with Crippen LogP contribution < -0.4 is 10.6 Å². The summed E-state index contributed by atoms with van der Waals surface area (Å²) >= 11 is 1.91. The monoisotopic (exact) mass is 285 g/mol. The van der Waals surface area contributed by atoms with Crippen molar-refractivity contribution in [3.63, 3.8) is 0 Å². The van der Waals surface area contributed by atoms with Crippen LogP contribution in [-0.4, -0.2) is 67.8 Å². The zero-order valence-corrected chi connectivity index (χ0v) is 10.9. The number of thioether (sulfide) groups is 1. The van der Waals surface area contributed by atoms with Gasteiger partial charge in [-0.25, -0.2) is 0 Å². The van der Waals surface area contributed by atoms with Crippen molar-refractivity contribution in [1.82, 2.24) is 15.5 Å². The number of hydrogen-bond donors (Lipinski definition) is 2. The highest BCUT2D eigenvalue weighted by Gasteiger charge is 2.26. The predicted octanol–water partition coefficient (Wildman–Crippen LogP) is 0.303. The minimum absolute atomic E-state index is 0.296. The van der Waals surface area contributed by atoms with E-state index in [1.54, 1.807) is 0 Å². The molecule has 8 heteroatoms. The van der Waals surface area contributed by atoms with Crippen LogP contribution in [0.15, 0.2) is 0 Å². The molecule has 0 saturated carbocycles. The van der Waals surface area contributed by atoms with Crippen molar-refractivity contribution >= 4 is 17.7 Å². The van der Waals surface area contributed by atoms with Gasteiger partial charge in [0.1, 0.15) is 0 Å². The molecule has 0 aliphatic carbocycles. The van der Waals surface area contributed by atoms with E-state index in [2.05, 4.69) is 15.5 Å². The van der Waals surface area contributed by atoms with E-state index in [0.717, 1.165) is 31.1 Å². The first-order valence-electron chi connectivity index (χ1n) is 5.81. The van der Waals surface area contributed by atoms with Crippen LogP contribution in [0.25, 0.3) is 0 Å². The van der Waals surface area contributed by atoms with E-state index >= 15 is 0 Å². The van der Waals surface area contributed by atoms with Crippen molar-refractivity contribution in [3.05, 3.63) is 0 Å².